The Morgan fingerprint density at radius 2 is 1.88 bits per heavy atom. The zero-order valence-electron chi connectivity index (χ0n) is 18.7. The van der Waals surface area contributed by atoms with E-state index in [4.69, 9.17) is 9.88 Å². The number of hydrogen-bond donors (Lipinski definition) is 2. The number of nitrogens with zero attached hydrogens (tertiary/aromatic N) is 1. The van der Waals surface area contributed by atoms with Crippen LogP contribution in [-0.2, 0) is 29.3 Å². The second-order valence-corrected chi connectivity index (χ2v) is 9.75. The molecule has 3 N–H and O–H groups in total. The van der Waals surface area contributed by atoms with E-state index in [2.05, 4.69) is 0 Å². The van der Waals surface area contributed by atoms with Gasteiger partial charge in [-0.05, 0) is 73.4 Å². The number of ketones is 1. The Hall–Kier alpha value is -2.91. The van der Waals surface area contributed by atoms with Gasteiger partial charge >= 0.3 is 6.09 Å². The highest BCUT2D eigenvalue weighted by atomic mass is 32.2. The van der Waals surface area contributed by atoms with Crippen LogP contribution in [0.4, 0.5) is 4.79 Å². The van der Waals surface area contributed by atoms with Crippen molar-refractivity contribution in [3.63, 3.8) is 0 Å². The molecular weight excluding hydrogens is 444 g/mol. The molecule has 1 aliphatic rings. The standard InChI is InChI=1S/C24H30N2O6S/c1-32-22-11-3-2-7-17(22)12-14-26(24(28)29)13-5-4-10-21(27)19-15-18-8-6-9-20(18)23(16-19)33(25,30)31/h2-3,7,11,15-16H,4-6,8-10,12-14H2,1H3,(H,28,29)(H2,25,30,31). The third-order valence-electron chi connectivity index (χ3n) is 6.00. The van der Waals surface area contributed by atoms with E-state index in [1.54, 1.807) is 13.2 Å². The molecule has 0 heterocycles. The highest BCUT2D eigenvalue weighted by molar-refractivity contribution is 7.89. The van der Waals surface area contributed by atoms with Gasteiger partial charge in [0.05, 0.1) is 12.0 Å². The van der Waals surface area contributed by atoms with Crippen molar-refractivity contribution in [3.8, 4) is 5.75 Å². The molecule has 9 heteroatoms. The zero-order valence-corrected chi connectivity index (χ0v) is 19.6. The fourth-order valence-electron chi connectivity index (χ4n) is 4.28. The average molecular weight is 475 g/mol. The molecule has 8 nitrogen and oxygen atoms in total. The number of carboxylic acid groups (broad SMARTS) is 1. The van der Waals surface area contributed by atoms with Crippen LogP contribution in [-0.4, -0.2) is 50.5 Å². The molecule has 0 fully saturated rings. The smallest absolute Gasteiger partial charge is 0.407 e. The van der Waals surface area contributed by atoms with Gasteiger partial charge in [-0.2, -0.15) is 0 Å². The van der Waals surface area contributed by atoms with Gasteiger partial charge in [-0.1, -0.05) is 18.2 Å². The number of nitrogens with two attached hydrogens (primary N) is 1. The number of rotatable bonds is 11. The molecular formula is C24H30N2O6S. The minimum atomic E-state index is -3.90. The summed E-state index contributed by atoms with van der Waals surface area (Å²) >= 11 is 0. The molecule has 1 aliphatic carbocycles. The minimum Gasteiger partial charge on any atom is -0.496 e. The maximum absolute atomic E-state index is 12.7. The highest BCUT2D eigenvalue weighted by Gasteiger charge is 2.24. The molecule has 0 spiro atoms. The van der Waals surface area contributed by atoms with Gasteiger partial charge in [0, 0.05) is 25.1 Å². The number of methoxy groups -OCH3 is 1. The summed E-state index contributed by atoms with van der Waals surface area (Å²) in [7, 11) is -2.32. The Bertz CT molecular complexity index is 1130. The predicted octanol–water partition coefficient (Wildman–Crippen LogP) is 3.41. The molecule has 2 aromatic rings. The predicted molar refractivity (Wildman–Crippen MR) is 124 cm³/mol. The molecule has 2 aromatic carbocycles. The quantitative estimate of drug-likeness (QED) is 0.380. The van der Waals surface area contributed by atoms with Gasteiger partial charge in [0.15, 0.2) is 5.78 Å². The first kappa shape index (κ1) is 24.7. The largest absolute Gasteiger partial charge is 0.496 e. The van der Waals surface area contributed by atoms with Crippen molar-refractivity contribution >= 4 is 21.9 Å². The molecule has 178 valence electrons. The first-order valence-corrected chi connectivity index (χ1v) is 12.6. The second kappa shape index (κ2) is 10.8. The van der Waals surface area contributed by atoms with Gasteiger partial charge in [-0.25, -0.2) is 18.4 Å². The van der Waals surface area contributed by atoms with E-state index in [1.165, 1.54) is 11.0 Å². The number of fused-ring (bicyclic) bond motifs is 1. The molecule has 0 aliphatic heterocycles. The average Bonchev–Trinajstić information content (AvgIpc) is 3.25. The third-order valence-corrected chi connectivity index (χ3v) is 6.98. The highest BCUT2D eigenvalue weighted by Crippen LogP contribution is 2.30. The van der Waals surface area contributed by atoms with Gasteiger partial charge in [-0.15, -0.1) is 0 Å². The van der Waals surface area contributed by atoms with Gasteiger partial charge in [-0.3, -0.25) is 4.79 Å². The van der Waals surface area contributed by atoms with Crippen molar-refractivity contribution in [2.75, 3.05) is 20.2 Å². The number of benzene rings is 2. The number of amides is 1. The van der Waals surface area contributed by atoms with Crippen molar-refractivity contribution in [1.82, 2.24) is 4.90 Å². The maximum Gasteiger partial charge on any atom is 0.407 e. The number of primary sulfonamides is 1. The van der Waals surface area contributed by atoms with Gasteiger partial charge in [0.25, 0.3) is 0 Å². The van der Waals surface area contributed by atoms with E-state index >= 15 is 0 Å². The van der Waals surface area contributed by atoms with Crippen LogP contribution in [0.3, 0.4) is 0 Å². The Kier molecular flexibility index (Phi) is 8.10. The Labute approximate surface area is 194 Å². The number of carbonyl (C=O) groups is 2. The van der Waals surface area contributed by atoms with E-state index in [0.717, 1.165) is 35.3 Å². The van der Waals surface area contributed by atoms with Crippen molar-refractivity contribution in [2.45, 2.75) is 49.8 Å². The normalized spacial score (nSPS) is 12.9. The van der Waals surface area contributed by atoms with Crippen LogP contribution in [0.15, 0.2) is 41.3 Å². The summed E-state index contributed by atoms with van der Waals surface area (Å²) in [4.78, 5) is 25.7. The van der Waals surface area contributed by atoms with Crippen LogP contribution >= 0.6 is 0 Å². The molecule has 0 radical (unpaired) electrons. The lowest BCUT2D eigenvalue weighted by atomic mass is 10.0. The molecule has 0 aromatic heterocycles. The summed E-state index contributed by atoms with van der Waals surface area (Å²) in [5.74, 6) is 0.562. The zero-order chi connectivity index (χ0) is 24.0. The fourth-order valence-corrected chi connectivity index (χ4v) is 5.15. The van der Waals surface area contributed by atoms with E-state index in [0.29, 0.717) is 44.3 Å². The van der Waals surface area contributed by atoms with E-state index in [-0.39, 0.29) is 17.1 Å². The first-order chi connectivity index (χ1) is 15.7. The molecule has 0 saturated heterocycles. The summed E-state index contributed by atoms with van der Waals surface area (Å²) in [6, 6.07) is 10.7. The number of sulfonamides is 1. The van der Waals surface area contributed by atoms with Crippen LogP contribution in [0.25, 0.3) is 0 Å². The number of unbranched alkanes of at least 4 members (excludes halogenated alkanes) is 1. The van der Waals surface area contributed by atoms with E-state index < -0.39 is 16.1 Å². The first-order valence-electron chi connectivity index (χ1n) is 11.0. The maximum atomic E-state index is 12.7. The second-order valence-electron chi connectivity index (χ2n) is 8.22. The van der Waals surface area contributed by atoms with Gasteiger partial charge in [0.2, 0.25) is 10.0 Å². The van der Waals surface area contributed by atoms with Gasteiger partial charge < -0.3 is 14.7 Å². The van der Waals surface area contributed by atoms with Crippen LogP contribution in [0.1, 0.15) is 52.7 Å². The Morgan fingerprint density at radius 3 is 2.58 bits per heavy atom. The van der Waals surface area contributed by atoms with E-state index in [9.17, 15) is 23.1 Å². The summed E-state index contributed by atoms with van der Waals surface area (Å²) in [6.45, 7) is 0.635. The number of ether oxygens (including phenoxy) is 1. The molecule has 33 heavy (non-hydrogen) atoms. The van der Waals surface area contributed by atoms with Gasteiger partial charge in [0.1, 0.15) is 5.75 Å². The number of carbonyl (C=O) groups excluding carboxylic acids is 1. The summed E-state index contributed by atoms with van der Waals surface area (Å²) in [5, 5.41) is 14.9. The molecule has 0 unspecified atom stereocenters. The lowest BCUT2D eigenvalue weighted by Crippen LogP contribution is -2.32. The molecule has 1 amide bonds. The topological polar surface area (TPSA) is 127 Å². The lowest BCUT2D eigenvalue weighted by Gasteiger charge is -2.19. The molecule has 0 saturated carbocycles. The van der Waals surface area contributed by atoms with Crippen molar-refractivity contribution < 1.29 is 27.9 Å². The van der Waals surface area contributed by atoms with Crippen LogP contribution in [0.2, 0.25) is 0 Å². The summed E-state index contributed by atoms with van der Waals surface area (Å²) < 4.78 is 29.3. The number of aryl methyl sites for hydroxylation is 1. The lowest BCUT2D eigenvalue weighted by molar-refractivity contribution is 0.0977. The van der Waals surface area contributed by atoms with Crippen LogP contribution in [0, 0.1) is 0 Å². The monoisotopic (exact) mass is 474 g/mol. The third kappa shape index (κ3) is 6.33. The molecule has 3 rings (SSSR count). The fraction of sp³-hybridized carbons (Fsp3) is 0.417. The van der Waals surface area contributed by atoms with E-state index in [1.807, 2.05) is 24.3 Å². The number of Topliss-reactive ketones (excluding diaryl/α,β-unsaturated/α-hetero) is 1. The van der Waals surface area contributed by atoms with Crippen LogP contribution in [0.5, 0.6) is 5.75 Å². The number of hydrogen-bond acceptors (Lipinski definition) is 5. The SMILES string of the molecule is COc1ccccc1CCN(CCCCC(=O)c1cc2c(c(S(N)(=O)=O)c1)CCC2)C(=O)O. The number of para-hydroxylation sites is 1. The van der Waals surface area contributed by atoms with Crippen molar-refractivity contribution in [3.05, 3.63) is 58.7 Å². The Balaban J connectivity index is 1.55. The van der Waals surface area contributed by atoms with Crippen LogP contribution < -0.4 is 9.88 Å². The molecule has 0 atom stereocenters. The summed E-state index contributed by atoms with van der Waals surface area (Å²) in [6.07, 6.45) is 2.98. The summed E-state index contributed by atoms with van der Waals surface area (Å²) in [5.41, 5.74) is 2.88. The molecule has 0 bridgehead atoms. The van der Waals surface area contributed by atoms with Crippen molar-refractivity contribution in [2.24, 2.45) is 5.14 Å². The van der Waals surface area contributed by atoms with Crippen molar-refractivity contribution in [1.29, 1.82) is 0 Å². The minimum absolute atomic E-state index is 0.0502. The Morgan fingerprint density at radius 1 is 1.12 bits per heavy atom.